The first-order valence-corrected chi connectivity index (χ1v) is 9.98. The summed E-state index contributed by atoms with van der Waals surface area (Å²) in [5.74, 6) is 2.15. The smallest absolute Gasteiger partial charge is 0.193 e. The van der Waals surface area contributed by atoms with E-state index in [9.17, 15) is 0 Å². The van der Waals surface area contributed by atoms with Crippen molar-refractivity contribution < 1.29 is 14.6 Å². The van der Waals surface area contributed by atoms with Crippen LogP contribution in [0.5, 0.6) is 11.5 Å². The first-order chi connectivity index (χ1) is 13.2. The van der Waals surface area contributed by atoms with Crippen LogP contribution >= 0.6 is 35.3 Å². The maximum absolute atomic E-state index is 8.90. The first-order valence-electron chi connectivity index (χ1n) is 9.10. The van der Waals surface area contributed by atoms with Crippen LogP contribution < -0.4 is 14.8 Å². The summed E-state index contributed by atoms with van der Waals surface area (Å²) in [6.07, 6.45) is 1.00. The van der Waals surface area contributed by atoms with E-state index in [0.717, 1.165) is 31.0 Å². The molecule has 2 rings (SSSR count). The van der Waals surface area contributed by atoms with Gasteiger partial charge in [0.15, 0.2) is 17.5 Å². The highest BCUT2D eigenvalue weighted by atomic mass is 127. The van der Waals surface area contributed by atoms with E-state index >= 15 is 0 Å². The highest BCUT2D eigenvalue weighted by Crippen LogP contribution is 2.28. The highest BCUT2D eigenvalue weighted by molar-refractivity contribution is 14.0. The molecule has 0 bridgehead atoms. The zero-order valence-corrected chi connectivity index (χ0v) is 19.8. The molecule has 2 N–H and O–H groups in total. The lowest BCUT2D eigenvalue weighted by Gasteiger charge is -2.22. The Kier molecular flexibility index (Phi) is 11.9. The predicted molar refractivity (Wildman–Crippen MR) is 126 cm³/mol. The molecule has 0 fully saturated rings. The molecule has 8 heteroatoms. The zero-order valence-electron chi connectivity index (χ0n) is 16.7. The maximum Gasteiger partial charge on any atom is 0.193 e. The summed E-state index contributed by atoms with van der Waals surface area (Å²) in [5, 5.41) is 14.4. The summed E-state index contributed by atoms with van der Waals surface area (Å²) >= 11 is 1.78. The first kappa shape index (κ1) is 24.5. The molecule has 28 heavy (non-hydrogen) atoms. The van der Waals surface area contributed by atoms with Gasteiger partial charge < -0.3 is 24.8 Å². The Labute approximate surface area is 188 Å². The van der Waals surface area contributed by atoms with E-state index in [0.29, 0.717) is 18.0 Å². The van der Waals surface area contributed by atoms with E-state index in [1.807, 2.05) is 18.2 Å². The minimum absolute atomic E-state index is 0. The molecule has 0 saturated heterocycles. The number of nitrogens with zero attached hydrogens (tertiary/aromatic N) is 2. The molecule has 0 unspecified atom stereocenters. The topological polar surface area (TPSA) is 66.3 Å². The summed E-state index contributed by atoms with van der Waals surface area (Å²) in [6, 6.07) is 9.99. The van der Waals surface area contributed by atoms with Crippen molar-refractivity contribution in [2.45, 2.75) is 19.9 Å². The normalized spacial score (nSPS) is 10.9. The third-order valence-corrected chi connectivity index (χ3v) is 4.89. The van der Waals surface area contributed by atoms with Gasteiger partial charge in [-0.1, -0.05) is 12.1 Å². The van der Waals surface area contributed by atoms with E-state index < -0.39 is 0 Å². The SMILES string of the molecule is CCNC(=NCc1ccc(OCCO)c(OC)c1)N(C)CCc1cccs1.I. The van der Waals surface area contributed by atoms with Crippen molar-refractivity contribution in [1.82, 2.24) is 10.2 Å². The lowest BCUT2D eigenvalue weighted by atomic mass is 10.2. The van der Waals surface area contributed by atoms with Crippen LogP contribution in [-0.4, -0.2) is 56.4 Å². The second-order valence-corrected chi connectivity index (χ2v) is 7.01. The van der Waals surface area contributed by atoms with Crippen LogP contribution in [0.25, 0.3) is 0 Å². The summed E-state index contributed by atoms with van der Waals surface area (Å²) in [7, 11) is 3.66. The maximum atomic E-state index is 8.90. The molecule has 0 atom stereocenters. The lowest BCUT2D eigenvalue weighted by Crippen LogP contribution is -2.39. The van der Waals surface area contributed by atoms with Crippen molar-refractivity contribution in [2.24, 2.45) is 4.99 Å². The molecule has 0 aliphatic rings. The zero-order chi connectivity index (χ0) is 19.5. The number of thiophene rings is 1. The molecule has 1 heterocycles. The fourth-order valence-corrected chi connectivity index (χ4v) is 3.26. The van der Waals surface area contributed by atoms with Gasteiger partial charge in [-0.05, 0) is 42.5 Å². The number of ether oxygens (including phenoxy) is 2. The predicted octanol–water partition coefficient (Wildman–Crippen LogP) is 3.39. The fraction of sp³-hybridized carbons (Fsp3) is 0.450. The van der Waals surface area contributed by atoms with Crippen LogP contribution in [0.15, 0.2) is 40.7 Å². The average Bonchev–Trinajstić information content (AvgIpc) is 3.21. The number of aliphatic imine (C=N–C) groups is 1. The summed E-state index contributed by atoms with van der Waals surface area (Å²) in [4.78, 5) is 8.28. The average molecular weight is 519 g/mol. The number of methoxy groups -OCH3 is 1. The monoisotopic (exact) mass is 519 g/mol. The Balaban J connectivity index is 0.00000392. The minimum atomic E-state index is -0.0287. The number of aliphatic hydroxyl groups excluding tert-OH is 1. The summed E-state index contributed by atoms with van der Waals surface area (Å²) < 4.78 is 10.9. The number of likely N-dealkylation sites (N-methyl/N-ethyl adjacent to an activating group) is 1. The van der Waals surface area contributed by atoms with Gasteiger partial charge in [0.2, 0.25) is 0 Å². The van der Waals surface area contributed by atoms with Crippen molar-refractivity contribution in [3.63, 3.8) is 0 Å². The van der Waals surface area contributed by atoms with Crippen molar-refractivity contribution in [3.05, 3.63) is 46.2 Å². The number of hydrogen-bond acceptors (Lipinski definition) is 5. The summed E-state index contributed by atoms with van der Waals surface area (Å²) in [6.45, 7) is 4.55. The van der Waals surface area contributed by atoms with Crippen molar-refractivity contribution >= 4 is 41.3 Å². The van der Waals surface area contributed by atoms with Gasteiger partial charge in [-0.3, -0.25) is 0 Å². The fourth-order valence-electron chi connectivity index (χ4n) is 2.56. The van der Waals surface area contributed by atoms with Gasteiger partial charge in [0.05, 0.1) is 20.3 Å². The molecule has 2 aromatic rings. The number of guanidine groups is 1. The van der Waals surface area contributed by atoms with Crippen molar-refractivity contribution in [2.75, 3.05) is 40.5 Å². The Hall–Kier alpha value is -1.52. The molecule has 1 aromatic carbocycles. The van der Waals surface area contributed by atoms with Crippen LogP contribution in [0.2, 0.25) is 0 Å². The Morgan fingerprint density at radius 3 is 2.75 bits per heavy atom. The molecule has 0 spiro atoms. The van der Waals surface area contributed by atoms with Crippen LogP contribution in [0, 0.1) is 0 Å². The molecular formula is C20H30IN3O3S. The van der Waals surface area contributed by atoms with Gasteiger partial charge in [-0.15, -0.1) is 35.3 Å². The number of hydrogen-bond donors (Lipinski definition) is 2. The molecular weight excluding hydrogens is 489 g/mol. The lowest BCUT2D eigenvalue weighted by molar-refractivity contribution is 0.196. The van der Waals surface area contributed by atoms with E-state index in [-0.39, 0.29) is 37.2 Å². The largest absolute Gasteiger partial charge is 0.493 e. The van der Waals surface area contributed by atoms with Gasteiger partial charge in [-0.25, -0.2) is 4.99 Å². The summed E-state index contributed by atoms with van der Waals surface area (Å²) in [5.41, 5.74) is 1.03. The number of benzene rings is 1. The molecule has 1 aromatic heterocycles. The van der Waals surface area contributed by atoms with E-state index in [1.54, 1.807) is 18.4 Å². The molecule has 6 nitrogen and oxygen atoms in total. The molecule has 0 radical (unpaired) electrons. The van der Waals surface area contributed by atoms with Gasteiger partial charge >= 0.3 is 0 Å². The second kappa shape index (κ2) is 13.6. The number of nitrogens with one attached hydrogen (secondary N) is 1. The second-order valence-electron chi connectivity index (χ2n) is 5.98. The number of aliphatic hydroxyl groups is 1. The van der Waals surface area contributed by atoms with Crippen molar-refractivity contribution in [3.8, 4) is 11.5 Å². The van der Waals surface area contributed by atoms with Crippen molar-refractivity contribution in [1.29, 1.82) is 0 Å². The Morgan fingerprint density at radius 1 is 1.29 bits per heavy atom. The van der Waals surface area contributed by atoms with Crippen LogP contribution in [0.3, 0.4) is 0 Å². The third-order valence-electron chi connectivity index (χ3n) is 3.96. The quantitative estimate of drug-likeness (QED) is 0.286. The molecule has 0 saturated carbocycles. The van der Waals surface area contributed by atoms with Gasteiger partial charge in [0.25, 0.3) is 0 Å². The number of halogens is 1. The Bertz CT molecular complexity index is 711. The van der Waals surface area contributed by atoms with Crippen LogP contribution in [0.4, 0.5) is 0 Å². The van der Waals surface area contributed by atoms with E-state index in [2.05, 4.69) is 41.7 Å². The minimum Gasteiger partial charge on any atom is -0.493 e. The molecule has 0 aliphatic heterocycles. The Morgan fingerprint density at radius 2 is 2.11 bits per heavy atom. The van der Waals surface area contributed by atoms with Crippen LogP contribution in [0.1, 0.15) is 17.4 Å². The number of rotatable bonds is 10. The molecule has 0 aliphatic carbocycles. The third kappa shape index (κ3) is 7.84. The standard InChI is InChI=1S/C20H29N3O3S.HI/c1-4-21-20(23(2)10-9-17-6-5-13-27-17)22-15-16-7-8-18(26-12-11-24)19(14-16)25-3;/h5-8,13-14,24H,4,9-12,15H2,1-3H3,(H,21,22);1H. The highest BCUT2D eigenvalue weighted by Gasteiger charge is 2.08. The van der Waals surface area contributed by atoms with E-state index in [4.69, 9.17) is 19.6 Å². The van der Waals surface area contributed by atoms with Gasteiger partial charge in [-0.2, -0.15) is 0 Å². The van der Waals surface area contributed by atoms with Crippen LogP contribution in [-0.2, 0) is 13.0 Å². The molecule has 0 amide bonds. The van der Waals surface area contributed by atoms with Gasteiger partial charge in [0, 0.05) is 25.0 Å². The van der Waals surface area contributed by atoms with E-state index in [1.165, 1.54) is 4.88 Å². The molecule has 156 valence electrons. The van der Waals surface area contributed by atoms with Gasteiger partial charge in [0.1, 0.15) is 6.61 Å².